The van der Waals surface area contributed by atoms with Gasteiger partial charge in [-0.15, -0.1) is 0 Å². The number of carbonyl (C=O) groups excluding carboxylic acids is 3. The van der Waals surface area contributed by atoms with E-state index in [1.165, 1.54) is 0 Å². The van der Waals surface area contributed by atoms with Gasteiger partial charge in [-0.3, -0.25) is 14.6 Å². The van der Waals surface area contributed by atoms with Crippen LogP contribution in [0, 0.1) is 0 Å². The van der Waals surface area contributed by atoms with Crippen LogP contribution in [-0.2, 0) is 40.4 Å². The number of anilines is 1. The lowest BCUT2D eigenvalue weighted by Crippen LogP contribution is -2.37. The lowest BCUT2D eigenvalue weighted by molar-refractivity contribution is -0.122. The molecule has 4 rings (SSSR count). The van der Waals surface area contributed by atoms with Crippen LogP contribution in [0.25, 0.3) is 0 Å². The van der Waals surface area contributed by atoms with Gasteiger partial charge in [-0.2, -0.15) is 0 Å². The van der Waals surface area contributed by atoms with Gasteiger partial charge in [0, 0.05) is 31.2 Å². The maximum absolute atomic E-state index is 13.4. The Kier molecular flexibility index (Phi) is 10.3. The predicted octanol–water partition coefficient (Wildman–Crippen LogP) is 7.93. The van der Waals surface area contributed by atoms with Crippen LogP contribution in [-0.4, -0.2) is 45.2 Å². The van der Waals surface area contributed by atoms with Crippen LogP contribution in [0.5, 0.6) is 5.75 Å². The highest BCUT2D eigenvalue weighted by molar-refractivity contribution is 6.30. The molecule has 1 aliphatic rings. The van der Waals surface area contributed by atoms with Crippen molar-refractivity contribution >= 4 is 35.4 Å². The van der Waals surface area contributed by atoms with Crippen LogP contribution >= 0.6 is 11.6 Å². The van der Waals surface area contributed by atoms with Crippen molar-refractivity contribution in [3.63, 3.8) is 0 Å². The van der Waals surface area contributed by atoms with E-state index in [-0.39, 0.29) is 25.5 Å². The van der Waals surface area contributed by atoms with E-state index in [4.69, 9.17) is 25.8 Å². The van der Waals surface area contributed by atoms with E-state index in [2.05, 4.69) is 5.32 Å². The van der Waals surface area contributed by atoms with Gasteiger partial charge in [0.15, 0.2) is 6.10 Å². The van der Waals surface area contributed by atoms with Gasteiger partial charge in [-0.1, -0.05) is 54.1 Å². The van der Waals surface area contributed by atoms with E-state index in [0.29, 0.717) is 23.0 Å². The molecule has 0 aromatic heterocycles. The molecule has 1 N–H and O–H groups in total. The molecule has 0 fully saturated rings. The molecule has 3 amide bonds. The number of benzene rings is 3. The number of nitrogens with zero attached hydrogens (tertiary/aromatic N) is 2. The summed E-state index contributed by atoms with van der Waals surface area (Å²) in [6, 6.07) is 20.6. The minimum atomic E-state index is -0.695. The SMILES string of the molecule is CC1Oc2ccc(CN(Cc3cccc(CN(Cc4cccc(Cl)c4)C(=O)OC(C)(C)C)c3)C(=O)OC(C)(C)C)cc2NC1=O. The Bertz CT molecular complexity index is 1540. The van der Waals surface area contributed by atoms with E-state index in [0.717, 1.165) is 22.3 Å². The Labute approximate surface area is 270 Å². The van der Waals surface area contributed by atoms with Crippen LogP contribution in [0.1, 0.15) is 70.7 Å². The van der Waals surface area contributed by atoms with E-state index in [1.54, 1.807) is 34.9 Å². The van der Waals surface area contributed by atoms with Gasteiger partial charge in [-0.25, -0.2) is 9.59 Å². The maximum atomic E-state index is 13.4. The number of ether oxygens (including phenoxy) is 3. The van der Waals surface area contributed by atoms with Gasteiger partial charge in [0.05, 0.1) is 5.69 Å². The fourth-order valence-corrected chi connectivity index (χ4v) is 4.93. The normalized spacial score (nSPS) is 14.5. The molecule has 9 nitrogen and oxygen atoms in total. The number of hydrogen-bond donors (Lipinski definition) is 1. The molecule has 10 heteroatoms. The molecular formula is C35H42ClN3O6. The second-order valence-electron chi connectivity index (χ2n) is 13.2. The summed E-state index contributed by atoms with van der Waals surface area (Å²) in [7, 11) is 0. The fourth-order valence-electron chi connectivity index (χ4n) is 4.72. The predicted molar refractivity (Wildman–Crippen MR) is 174 cm³/mol. The molecule has 1 unspecified atom stereocenters. The molecule has 0 bridgehead atoms. The van der Waals surface area contributed by atoms with Crippen LogP contribution in [0.4, 0.5) is 15.3 Å². The fraction of sp³-hybridized carbons (Fsp3) is 0.400. The highest BCUT2D eigenvalue weighted by Crippen LogP contribution is 2.31. The van der Waals surface area contributed by atoms with Crippen LogP contribution in [0.3, 0.4) is 0 Å². The van der Waals surface area contributed by atoms with Gasteiger partial charge in [0.1, 0.15) is 17.0 Å². The Morgan fingerprint density at radius 3 is 1.71 bits per heavy atom. The van der Waals surface area contributed by atoms with Gasteiger partial charge >= 0.3 is 12.2 Å². The molecule has 3 aromatic rings. The molecule has 1 heterocycles. The minimum absolute atomic E-state index is 0.226. The molecule has 0 saturated heterocycles. The van der Waals surface area contributed by atoms with Crippen LogP contribution in [0.15, 0.2) is 66.7 Å². The van der Waals surface area contributed by atoms with Crippen molar-refractivity contribution in [1.82, 2.24) is 9.80 Å². The van der Waals surface area contributed by atoms with Crippen molar-refractivity contribution in [2.24, 2.45) is 0 Å². The monoisotopic (exact) mass is 635 g/mol. The smallest absolute Gasteiger partial charge is 0.410 e. The lowest BCUT2D eigenvalue weighted by atomic mass is 10.1. The van der Waals surface area contributed by atoms with E-state index < -0.39 is 29.5 Å². The van der Waals surface area contributed by atoms with E-state index in [1.807, 2.05) is 90.1 Å². The third-order valence-corrected chi connectivity index (χ3v) is 6.89. The number of rotatable bonds is 8. The van der Waals surface area contributed by atoms with E-state index in [9.17, 15) is 14.4 Å². The lowest BCUT2D eigenvalue weighted by Gasteiger charge is -2.29. The minimum Gasteiger partial charge on any atom is -0.479 e. The molecule has 240 valence electrons. The van der Waals surface area contributed by atoms with Gasteiger partial charge in [0.2, 0.25) is 0 Å². The summed E-state index contributed by atoms with van der Waals surface area (Å²) in [4.78, 5) is 42.1. The first-order valence-corrected chi connectivity index (χ1v) is 15.3. The summed E-state index contributed by atoms with van der Waals surface area (Å²) in [6.07, 6.45) is -1.50. The van der Waals surface area contributed by atoms with E-state index >= 15 is 0 Å². The van der Waals surface area contributed by atoms with Crippen molar-refractivity contribution in [2.75, 3.05) is 5.32 Å². The number of carbonyl (C=O) groups is 3. The third-order valence-electron chi connectivity index (χ3n) is 6.65. The molecule has 1 aliphatic heterocycles. The van der Waals surface area contributed by atoms with Crippen molar-refractivity contribution in [3.05, 3.63) is 94.0 Å². The van der Waals surface area contributed by atoms with Crippen molar-refractivity contribution in [2.45, 2.75) is 92.0 Å². The van der Waals surface area contributed by atoms with Gasteiger partial charge in [-0.05, 0) is 95.0 Å². The van der Waals surface area contributed by atoms with Crippen LogP contribution < -0.4 is 10.1 Å². The number of nitrogens with one attached hydrogen (secondary N) is 1. The Morgan fingerprint density at radius 2 is 1.22 bits per heavy atom. The third kappa shape index (κ3) is 10.1. The van der Waals surface area contributed by atoms with Crippen LogP contribution in [0.2, 0.25) is 5.02 Å². The molecule has 0 saturated carbocycles. The standard InChI is InChI=1S/C35H42ClN3O6/c1-23-31(40)37-29-18-27(14-15-30(29)43-23)22-39(33(42)45-35(5,6)7)20-25-11-8-10-24(16-25)19-38(32(41)44-34(2,3)4)21-26-12-9-13-28(36)17-26/h8-18,23H,19-22H2,1-7H3,(H,37,40). The van der Waals surface area contributed by atoms with Crippen molar-refractivity contribution in [1.29, 1.82) is 0 Å². The Balaban J connectivity index is 1.57. The topological polar surface area (TPSA) is 97.4 Å². The first kappa shape index (κ1) is 33.6. The number of hydrogen-bond acceptors (Lipinski definition) is 6. The Hall–Kier alpha value is -4.24. The summed E-state index contributed by atoms with van der Waals surface area (Å²) < 4.78 is 17.1. The van der Waals surface area contributed by atoms with Crippen molar-refractivity contribution in [3.8, 4) is 5.75 Å². The first-order chi connectivity index (χ1) is 21.0. The highest BCUT2D eigenvalue weighted by Gasteiger charge is 2.27. The molecule has 3 aromatic carbocycles. The summed E-state index contributed by atoms with van der Waals surface area (Å²) in [5.74, 6) is 0.353. The summed E-state index contributed by atoms with van der Waals surface area (Å²) in [5, 5.41) is 3.45. The summed E-state index contributed by atoms with van der Waals surface area (Å²) in [5.41, 5.74) is 2.60. The molecular weight excluding hydrogens is 594 g/mol. The number of fused-ring (bicyclic) bond motifs is 1. The second kappa shape index (κ2) is 13.8. The largest absolute Gasteiger partial charge is 0.479 e. The highest BCUT2D eigenvalue weighted by atomic mass is 35.5. The first-order valence-electron chi connectivity index (χ1n) is 14.9. The number of amides is 3. The van der Waals surface area contributed by atoms with Crippen molar-refractivity contribution < 1.29 is 28.6 Å². The molecule has 0 spiro atoms. The zero-order chi connectivity index (χ0) is 32.9. The molecule has 1 atom stereocenters. The average molecular weight is 636 g/mol. The summed E-state index contributed by atoms with van der Waals surface area (Å²) >= 11 is 6.21. The Morgan fingerprint density at radius 1 is 0.756 bits per heavy atom. The van der Waals surface area contributed by atoms with Gasteiger partial charge < -0.3 is 19.5 Å². The summed E-state index contributed by atoms with van der Waals surface area (Å²) in [6.45, 7) is 13.7. The van der Waals surface area contributed by atoms with Gasteiger partial charge in [0.25, 0.3) is 5.91 Å². The molecule has 45 heavy (non-hydrogen) atoms. The zero-order valence-corrected chi connectivity index (χ0v) is 27.7. The quantitative estimate of drug-likeness (QED) is 0.270. The molecule has 0 aliphatic carbocycles. The average Bonchev–Trinajstić information content (AvgIpc) is 2.91. The number of halogens is 1. The molecule has 0 radical (unpaired) electrons. The zero-order valence-electron chi connectivity index (χ0n) is 27.0. The second-order valence-corrected chi connectivity index (χ2v) is 13.6. The maximum Gasteiger partial charge on any atom is 0.410 e.